The average Bonchev–Trinajstić information content (AvgIpc) is 2.58. The monoisotopic (exact) mass is 244 g/mol. The van der Waals surface area contributed by atoms with E-state index < -0.39 is 5.97 Å². The summed E-state index contributed by atoms with van der Waals surface area (Å²) >= 11 is 2.85. The van der Waals surface area contributed by atoms with Gasteiger partial charge in [-0.25, -0.2) is 9.78 Å². The second-order valence-electron chi connectivity index (χ2n) is 2.81. The number of thioether (sulfide) groups is 1. The van der Waals surface area contributed by atoms with Crippen LogP contribution in [0.1, 0.15) is 19.2 Å². The summed E-state index contributed by atoms with van der Waals surface area (Å²) in [5.41, 5.74) is 0.448. The number of rotatable bonds is 5. The van der Waals surface area contributed by atoms with Gasteiger partial charge in [-0.1, -0.05) is 24.8 Å². The molecule has 0 radical (unpaired) electrons. The molecule has 0 bridgehead atoms. The number of carbonyl (C=O) groups is 1. The summed E-state index contributed by atoms with van der Waals surface area (Å²) in [5, 5.41) is 8.77. The molecular weight excluding hydrogens is 232 g/mol. The van der Waals surface area contributed by atoms with E-state index >= 15 is 0 Å². The smallest absolute Gasteiger partial charge is 0.331 e. The maximum Gasteiger partial charge on any atom is 0.331 e. The minimum Gasteiger partial charge on any atom is -0.478 e. The number of hydrogen-bond acceptors (Lipinski definition) is 5. The van der Waals surface area contributed by atoms with Gasteiger partial charge in [-0.05, 0) is 24.9 Å². The first-order valence-electron chi connectivity index (χ1n) is 4.49. The predicted molar refractivity (Wildman–Crippen MR) is 61.4 cm³/mol. The normalized spacial score (nSPS) is 11.7. The Labute approximate surface area is 96.6 Å². The van der Waals surface area contributed by atoms with Crippen LogP contribution in [0.4, 0.5) is 0 Å². The van der Waals surface area contributed by atoms with E-state index in [1.165, 1.54) is 23.3 Å². The van der Waals surface area contributed by atoms with Gasteiger partial charge in [0, 0.05) is 11.3 Å². The van der Waals surface area contributed by atoms with Crippen molar-refractivity contribution in [3.05, 3.63) is 17.5 Å². The second-order valence-corrected chi connectivity index (χ2v) is 4.83. The number of carboxylic acids is 1. The number of aliphatic carboxylic acids is 1. The lowest BCUT2D eigenvalue weighted by Gasteiger charge is -1.96. The highest BCUT2D eigenvalue weighted by Crippen LogP contribution is 2.20. The highest BCUT2D eigenvalue weighted by Gasteiger charge is 2.04. The predicted octanol–water partition coefficient (Wildman–Crippen LogP) is 2.36. The summed E-state index contributed by atoms with van der Waals surface area (Å²) in [6.07, 6.45) is 2.27. The number of hydrogen-bond donors (Lipinski definition) is 1. The third-order valence-corrected chi connectivity index (χ3v) is 3.55. The van der Waals surface area contributed by atoms with Crippen LogP contribution >= 0.6 is 23.3 Å². The molecule has 0 saturated heterocycles. The molecule has 0 aliphatic heterocycles. The first-order chi connectivity index (χ1) is 7.13. The summed E-state index contributed by atoms with van der Waals surface area (Å²) in [6, 6.07) is 0. The van der Waals surface area contributed by atoms with E-state index in [1.807, 2.05) is 13.8 Å². The maximum absolute atomic E-state index is 10.7. The van der Waals surface area contributed by atoms with Crippen molar-refractivity contribution in [3.8, 4) is 0 Å². The van der Waals surface area contributed by atoms with Gasteiger partial charge in [-0.15, -0.1) is 0 Å². The van der Waals surface area contributed by atoms with Crippen molar-refractivity contribution in [2.24, 2.45) is 0 Å². The van der Waals surface area contributed by atoms with Crippen molar-refractivity contribution < 1.29 is 9.90 Å². The van der Waals surface area contributed by atoms with Crippen LogP contribution in [0.5, 0.6) is 0 Å². The van der Waals surface area contributed by atoms with Crippen LogP contribution in [0, 0.1) is 6.92 Å². The molecule has 4 nitrogen and oxygen atoms in total. The zero-order valence-electron chi connectivity index (χ0n) is 8.56. The van der Waals surface area contributed by atoms with Crippen molar-refractivity contribution in [2.75, 3.05) is 5.75 Å². The summed E-state index contributed by atoms with van der Waals surface area (Å²) in [7, 11) is 0. The van der Waals surface area contributed by atoms with Crippen LogP contribution in [0.3, 0.4) is 0 Å². The zero-order chi connectivity index (χ0) is 11.3. The molecule has 15 heavy (non-hydrogen) atoms. The Balaban J connectivity index is 2.47. The lowest BCUT2D eigenvalue weighted by atomic mass is 10.2. The standard InChI is InChI=1S/C9H12N2O2S2/c1-3-7(8(12)13)4-5-14-9-10-6(2)11-15-9/h4H,3,5H2,1-2H3,(H,12,13). The molecule has 0 aliphatic rings. The molecular formula is C9H12N2O2S2. The Morgan fingerprint density at radius 1 is 1.67 bits per heavy atom. The summed E-state index contributed by atoms with van der Waals surface area (Å²) < 4.78 is 4.92. The van der Waals surface area contributed by atoms with Crippen LogP contribution < -0.4 is 0 Å². The van der Waals surface area contributed by atoms with Crippen LogP contribution in [0.2, 0.25) is 0 Å². The Bertz CT molecular complexity index is 374. The van der Waals surface area contributed by atoms with Crippen LogP contribution in [0.25, 0.3) is 0 Å². The van der Waals surface area contributed by atoms with E-state index in [0.717, 1.165) is 10.2 Å². The molecule has 1 rings (SSSR count). The molecule has 1 aromatic rings. The molecule has 1 heterocycles. The van der Waals surface area contributed by atoms with Gasteiger partial charge in [-0.2, -0.15) is 4.37 Å². The van der Waals surface area contributed by atoms with Gasteiger partial charge in [0.25, 0.3) is 0 Å². The van der Waals surface area contributed by atoms with Gasteiger partial charge in [0.1, 0.15) is 5.82 Å². The third kappa shape index (κ3) is 4.01. The summed E-state index contributed by atoms with van der Waals surface area (Å²) in [6.45, 7) is 3.67. The van der Waals surface area contributed by atoms with Gasteiger partial charge in [-0.3, -0.25) is 0 Å². The first kappa shape index (κ1) is 12.2. The zero-order valence-corrected chi connectivity index (χ0v) is 10.2. The molecule has 0 unspecified atom stereocenters. The number of aromatic nitrogens is 2. The lowest BCUT2D eigenvalue weighted by molar-refractivity contribution is -0.132. The third-order valence-electron chi connectivity index (χ3n) is 1.70. The van der Waals surface area contributed by atoms with Crippen molar-refractivity contribution >= 4 is 29.3 Å². The quantitative estimate of drug-likeness (QED) is 0.636. The lowest BCUT2D eigenvalue weighted by Crippen LogP contribution is -1.99. The van der Waals surface area contributed by atoms with Crippen molar-refractivity contribution in [1.82, 2.24) is 9.36 Å². The minimum absolute atomic E-state index is 0.448. The maximum atomic E-state index is 10.7. The topological polar surface area (TPSA) is 63.1 Å². The fourth-order valence-corrected chi connectivity index (χ4v) is 2.51. The van der Waals surface area contributed by atoms with E-state index in [-0.39, 0.29) is 0 Å². The Hall–Kier alpha value is -0.880. The van der Waals surface area contributed by atoms with E-state index in [1.54, 1.807) is 6.08 Å². The van der Waals surface area contributed by atoms with Gasteiger partial charge < -0.3 is 5.11 Å². The number of nitrogens with zero attached hydrogens (tertiary/aromatic N) is 2. The van der Waals surface area contributed by atoms with Crippen molar-refractivity contribution in [1.29, 1.82) is 0 Å². The molecule has 1 N–H and O–H groups in total. The average molecular weight is 244 g/mol. The van der Waals surface area contributed by atoms with Gasteiger partial charge in [0.05, 0.1) is 0 Å². The van der Waals surface area contributed by atoms with E-state index in [4.69, 9.17) is 5.11 Å². The number of aryl methyl sites for hydroxylation is 1. The summed E-state index contributed by atoms with van der Waals surface area (Å²) in [5.74, 6) is 0.552. The molecule has 0 saturated carbocycles. The molecule has 1 aromatic heterocycles. The van der Waals surface area contributed by atoms with Gasteiger partial charge >= 0.3 is 5.97 Å². The molecule has 82 valence electrons. The highest BCUT2D eigenvalue weighted by atomic mass is 32.2. The Morgan fingerprint density at radius 3 is 2.87 bits per heavy atom. The Morgan fingerprint density at radius 2 is 2.40 bits per heavy atom. The second kappa shape index (κ2) is 5.87. The fraction of sp³-hybridized carbons (Fsp3) is 0.444. The van der Waals surface area contributed by atoms with Crippen LogP contribution in [-0.2, 0) is 4.79 Å². The molecule has 0 fully saturated rings. The SMILES string of the molecule is CCC(=CCSc1nc(C)ns1)C(=O)O. The summed E-state index contributed by atoms with van der Waals surface area (Å²) in [4.78, 5) is 14.8. The minimum atomic E-state index is -0.841. The Kier molecular flexibility index (Phi) is 4.77. The van der Waals surface area contributed by atoms with Crippen molar-refractivity contribution in [2.45, 2.75) is 24.6 Å². The largest absolute Gasteiger partial charge is 0.478 e. The van der Waals surface area contributed by atoms with Gasteiger partial charge in [0.2, 0.25) is 0 Å². The molecule has 6 heteroatoms. The fourth-order valence-electron chi connectivity index (χ4n) is 0.933. The first-order valence-corrected chi connectivity index (χ1v) is 6.24. The number of carboxylic acid groups (broad SMARTS) is 1. The van der Waals surface area contributed by atoms with Gasteiger partial charge in [0.15, 0.2) is 4.34 Å². The molecule has 0 aromatic carbocycles. The van der Waals surface area contributed by atoms with E-state index in [2.05, 4.69) is 9.36 Å². The molecule has 0 atom stereocenters. The van der Waals surface area contributed by atoms with E-state index in [0.29, 0.717) is 17.7 Å². The molecule has 0 spiro atoms. The van der Waals surface area contributed by atoms with Crippen LogP contribution in [0.15, 0.2) is 16.0 Å². The highest BCUT2D eigenvalue weighted by molar-refractivity contribution is 8.01. The van der Waals surface area contributed by atoms with E-state index in [9.17, 15) is 4.79 Å². The molecule has 0 aliphatic carbocycles. The van der Waals surface area contributed by atoms with Crippen molar-refractivity contribution in [3.63, 3.8) is 0 Å². The van der Waals surface area contributed by atoms with Crippen LogP contribution in [-0.4, -0.2) is 26.2 Å². The molecule has 0 amide bonds.